The molecule has 1 saturated heterocycles. The fourth-order valence-electron chi connectivity index (χ4n) is 5.18. The van der Waals surface area contributed by atoms with Gasteiger partial charge in [-0.3, -0.25) is 0 Å². The summed E-state index contributed by atoms with van der Waals surface area (Å²) in [7, 11) is -0.318. The summed E-state index contributed by atoms with van der Waals surface area (Å²) in [6, 6.07) is 12.8. The number of aryl methyl sites for hydroxylation is 1. The topological polar surface area (TPSA) is 65.1 Å². The van der Waals surface area contributed by atoms with Crippen LogP contribution >= 0.6 is 0 Å². The first-order valence-corrected chi connectivity index (χ1v) is 13.7. The van der Waals surface area contributed by atoms with Gasteiger partial charge in [-0.05, 0) is 73.6 Å². The molecule has 6 nitrogen and oxygen atoms in total. The summed E-state index contributed by atoms with van der Waals surface area (Å²) < 4.78 is 46.0. The van der Waals surface area contributed by atoms with Gasteiger partial charge >= 0.3 is 0 Å². The molecule has 1 aliphatic carbocycles. The van der Waals surface area contributed by atoms with Crippen molar-refractivity contribution in [1.82, 2.24) is 4.31 Å². The molecule has 1 fully saturated rings. The lowest BCUT2D eigenvalue weighted by atomic mass is 9.67. The van der Waals surface area contributed by atoms with Crippen LogP contribution in [-0.2, 0) is 25.9 Å². The van der Waals surface area contributed by atoms with Crippen LogP contribution in [0.4, 0.5) is 0 Å². The lowest BCUT2D eigenvalue weighted by Gasteiger charge is -2.46. The Hall–Kier alpha value is -2.19. The van der Waals surface area contributed by atoms with Crippen molar-refractivity contribution in [2.24, 2.45) is 5.41 Å². The lowest BCUT2D eigenvalue weighted by molar-refractivity contribution is -0.155. The van der Waals surface area contributed by atoms with Crippen molar-refractivity contribution in [2.75, 3.05) is 27.4 Å². The minimum absolute atomic E-state index is 0.183. The van der Waals surface area contributed by atoms with Crippen LogP contribution in [-0.4, -0.2) is 52.4 Å². The maximum atomic E-state index is 13.6. The first-order chi connectivity index (χ1) is 16.6. The summed E-state index contributed by atoms with van der Waals surface area (Å²) >= 11 is 0. The molecule has 0 radical (unpaired) electrons. The second kappa shape index (κ2) is 10.4. The van der Waals surface area contributed by atoms with E-state index in [-0.39, 0.29) is 12.3 Å². The Morgan fingerprint density at radius 3 is 2.54 bits per heavy atom. The van der Waals surface area contributed by atoms with Crippen molar-refractivity contribution >= 4 is 15.6 Å². The highest BCUT2D eigenvalue weighted by Crippen LogP contribution is 2.48. The van der Waals surface area contributed by atoms with Gasteiger partial charge in [0, 0.05) is 25.1 Å². The Kier molecular flexibility index (Phi) is 7.71. The first-order valence-electron chi connectivity index (χ1n) is 12.3. The van der Waals surface area contributed by atoms with Gasteiger partial charge in [-0.25, -0.2) is 8.42 Å². The number of fused-ring (bicyclic) bond motifs is 1. The van der Waals surface area contributed by atoms with E-state index in [4.69, 9.17) is 14.2 Å². The van der Waals surface area contributed by atoms with Crippen LogP contribution < -0.4 is 4.74 Å². The van der Waals surface area contributed by atoms with E-state index in [2.05, 4.69) is 19.9 Å². The van der Waals surface area contributed by atoms with Gasteiger partial charge in [-0.2, -0.15) is 4.31 Å². The molecule has 2 aromatic carbocycles. The first kappa shape index (κ1) is 25.9. The van der Waals surface area contributed by atoms with E-state index in [1.54, 1.807) is 30.6 Å². The summed E-state index contributed by atoms with van der Waals surface area (Å²) in [6.07, 6.45) is 5.60. The molecule has 1 heterocycles. The maximum absolute atomic E-state index is 13.6. The SMILES string of the molecule is COc1ccc2c(c1)C(=CCOC1CCCCO1)C(C)(C)C(N(C)S(=O)(=O)c1ccc(C)cc1)C2. The monoisotopic (exact) mass is 499 g/mol. The number of hydrogen-bond acceptors (Lipinski definition) is 5. The number of hydrogen-bond donors (Lipinski definition) is 0. The molecule has 0 N–H and O–H groups in total. The number of benzene rings is 2. The lowest BCUT2D eigenvalue weighted by Crippen LogP contribution is -2.50. The van der Waals surface area contributed by atoms with Gasteiger partial charge in [-0.15, -0.1) is 0 Å². The van der Waals surface area contributed by atoms with Crippen LogP contribution in [0, 0.1) is 12.3 Å². The standard InChI is InChI=1S/C28H37NO5S/c1-20-9-13-23(14-10-20)35(30,31)29(4)26-18-21-11-12-22(32-5)19-24(21)25(28(26,2)3)15-17-34-27-8-6-7-16-33-27/h9-15,19,26-27H,6-8,16-18H2,1-5H3. The Morgan fingerprint density at radius 2 is 1.89 bits per heavy atom. The number of nitrogens with zero attached hydrogens (tertiary/aromatic N) is 1. The highest BCUT2D eigenvalue weighted by Gasteiger charge is 2.44. The maximum Gasteiger partial charge on any atom is 0.243 e. The second-order valence-electron chi connectivity index (χ2n) is 10.0. The fraction of sp³-hybridized carbons (Fsp3) is 0.500. The average molecular weight is 500 g/mol. The van der Waals surface area contributed by atoms with Gasteiger partial charge in [-0.1, -0.05) is 43.7 Å². The van der Waals surface area contributed by atoms with Gasteiger partial charge in [0.25, 0.3) is 0 Å². The van der Waals surface area contributed by atoms with Gasteiger partial charge in [0.2, 0.25) is 10.0 Å². The molecule has 1 aliphatic heterocycles. The molecule has 35 heavy (non-hydrogen) atoms. The zero-order valence-corrected chi connectivity index (χ0v) is 22.2. The zero-order valence-electron chi connectivity index (χ0n) is 21.4. The number of likely N-dealkylation sites (N-methyl/N-ethyl adjacent to an activating group) is 1. The van der Waals surface area contributed by atoms with Crippen molar-refractivity contribution in [3.63, 3.8) is 0 Å². The minimum atomic E-state index is -3.67. The van der Waals surface area contributed by atoms with E-state index >= 15 is 0 Å². The van der Waals surface area contributed by atoms with E-state index in [0.717, 1.165) is 53.9 Å². The minimum Gasteiger partial charge on any atom is -0.497 e. The van der Waals surface area contributed by atoms with Crippen LogP contribution in [0.3, 0.4) is 0 Å². The molecule has 2 atom stereocenters. The van der Waals surface area contributed by atoms with Gasteiger partial charge in [0.05, 0.1) is 18.6 Å². The van der Waals surface area contributed by atoms with Crippen LogP contribution in [0.2, 0.25) is 0 Å². The molecule has 2 unspecified atom stereocenters. The third-order valence-electron chi connectivity index (χ3n) is 7.39. The summed E-state index contributed by atoms with van der Waals surface area (Å²) in [5, 5.41) is 0. The Balaban J connectivity index is 1.69. The molecule has 0 amide bonds. The molecule has 2 aliphatic rings. The Bertz CT molecular complexity index is 1160. The summed E-state index contributed by atoms with van der Waals surface area (Å²) in [5.41, 5.74) is 3.80. The van der Waals surface area contributed by atoms with E-state index in [0.29, 0.717) is 17.9 Å². The second-order valence-corrected chi connectivity index (χ2v) is 12.0. The normalized spacial score (nSPS) is 23.3. The molecule has 0 saturated carbocycles. The molecule has 0 spiro atoms. The molecule has 7 heteroatoms. The van der Waals surface area contributed by atoms with Crippen molar-refractivity contribution < 1.29 is 22.6 Å². The van der Waals surface area contributed by atoms with Crippen molar-refractivity contribution in [1.29, 1.82) is 0 Å². The predicted molar refractivity (Wildman–Crippen MR) is 138 cm³/mol. The summed E-state index contributed by atoms with van der Waals surface area (Å²) in [4.78, 5) is 0.310. The van der Waals surface area contributed by atoms with Crippen LogP contribution in [0.25, 0.3) is 5.57 Å². The average Bonchev–Trinajstić information content (AvgIpc) is 2.85. The quantitative estimate of drug-likeness (QED) is 0.524. The van der Waals surface area contributed by atoms with Gasteiger partial charge in [0.1, 0.15) is 5.75 Å². The predicted octanol–water partition coefficient (Wildman–Crippen LogP) is 5.20. The number of rotatable bonds is 7. The van der Waals surface area contributed by atoms with Crippen molar-refractivity contribution in [3.8, 4) is 5.75 Å². The van der Waals surface area contributed by atoms with E-state index in [1.807, 2.05) is 37.3 Å². The molecule has 4 rings (SSSR count). The third-order valence-corrected chi connectivity index (χ3v) is 9.27. The summed E-state index contributed by atoms with van der Waals surface area (Å²) in [5.74, 6) is 0.779. The smallest absolute Gasteiger partial charge is 0.243 e. The van der Waals surface area contributed by atoms with Crippen molar-refractivity contribution in [3.05, 3.63) is 65.2 Å². The van der Waals surface area contributed by atoms with Gasteiger partial charge in [0.15, 0.2) is 6.29 Å². The van der Waals surface area contributed by atoms with Crippen LogP contribution in [0.5, 0.6) is 5.75 Å². The summed E-state index contributed by atoms with van der Waals surface area (Å²) in [6.45, 7) is 7.32. The molecule has 190 valence electrons. The van der Waals surface area contributed by atoms with E-state index in [1.165, 1.54) is 0 Å². The molecule has 2 aromatic rings. The Labute approximate surface area is 209 Å². The van der Waals surface area contributed by atoms with Gasteiger partial charge < -0.3 is 14.2 Å². The fourth-order valence-corrected chi connectivity index (χ4v) is 6.67. The van der Waals surface area contributed by atoms with Crippen LogP contribution in [0.15, 0.2) is 53.4 Å². The molecular weight excluding hydrogens is 462 g/mol. The molecule has 0 bridgehead atoms. The number of ether oxygens (including phenoxy) is 3. The highest BCUT2D eigenvalue weighted by atomic mass is 32.2. The number of sulfonamides is 1. The number of methoxy groups -OCH3 is 1. The zero-order chi connectivity index (χ0) is 25.2. The highest BCUT2D eigenvalue weighted by molar-refractivity contribution is 7.89. The van der Waals surface area contributed by atoms with E-state index < -0.39 is 15.4 Å². The van der Waals surface area contributed by atoms with E-state index in [9.17, 15) is 8.42 Å². The van der Waals surface area contributed by atoms with Crippen molar-refractivity contribution in [2.45, 2.75) is 63.7 Å². The molecular formula is C28H37NO5S. The Morgan fingerprint density at radius 1 is 1.14 bits per heavy atom. The van der Waals surface area contributed by atoms with Crippen LogP contribution in [0.1, 0.15) is 49.8 Å². The molecule has 0 aromatic heterocycles. The largest absolute Gasteiger partial charge is 0.497 e. The third kappa shape index (κ3) is 5.33.